The molecule has 0 heterocycles. The van der Waals surface area contributed by atoms with Gasteiger partial charge in [-0.05, 0) is 25.7 Å². The molecular weight excluding hydrogens is 222 g/mol. The van der Waals surface area contributed by atoms with Crippen LogP contribution in [-0.2, 0) is 14.3 Å². The molecule has 100 valence electrons. The first-order valence-electron chi connectivity index (χ1n) is 6.35. The molecule has 0 saturated heterocycles. The predicted molar refractivity (Wildman–Crippen MR) is 63.7 cm³/mol. The number of carbonyl (C=O) groups excluding carboxylic acids is 1. The van der Waals surface area contributed by atoms with Crippen LogP contribution < -0.4 is 5.32 Å². The van der Waals surface area contributed by atoms with Crippen molar-refractivity contribution in [1.82, 2.24) is 5.32 Å². The van der Waals surface area contributed by atoms with Gasteiger partial charge in [-0.2, -0.15) is 0 Å². The van der Waals surface area contributed by atoms with Crippen molar-refractivity contribution in [1.29, 1.82) is 0 Å². The molecule has 0 amide bonds. The van der Waals surface area contributed by atoms with Gasteiger partial charge < -0.3 is 19.9 Å². The van der Waals surface area contributed by atoms with Gasteiger partial charge in [0.25, 0.3) is 0 Å². The van der Waals surface area contributed by atoms with E-state index in [9.17, 15) is 4.79 Å². The number of aliphatic hydroxyl groups excluding tert-OH is 1. The van der Waals surface area contributed by atoms with Crippen LogP contribution in [0.5, 0.6) is 0 Å². The Morgan fingerprint density at radius 2 is 2.29 bits per heavy atom. The van der Waals surface area contributed by atoms with Crippen molar-refractivity contribution in [2.75, 3.05) is 33.0 Å². The summed E-state index contributed by atoms with van der Waals surface area (Å²) < 4.78 is 9.92. The van der Waals surface area contributed by atoms with Gasteiger partial charge >= 0.3 is 5.97 Å². The van der Waals surface area contributed by atoms with Crippen LogP contribution in [0.1, 0.15) is 26.2 Å². The highest BCUT2D eigenvalue weighted by Crippen LogP contribution is 2.24. The highest BCUT2D eigenvalue weighted by Gasteiger charge is 2.25. The summed E-state index contributed by atoms with van der Waals surface area (Å²) in [6.07, 6.45) is 3.38. The van der Waals surface area contributed by atoms with Crippen molar-refractivity contribution < 1.29 is 19.4 Å². The lowest BCUT2D eigenvalue weighted by Gasteiger charge is -2.18. The molecule has 1 aliphatic carbocycles. The number of carbonyl (C=O) groups is 1. The van der Waals surface area contributed by atoms with Crippen molar-refractivity contribution in [3.63, 3.8) is 0 Å². The zero-order valence-electron chi connectivity index (χ0n) is 10.5. The van der Waals surface area contributed by atoms with E-state index in [4.69, 9.17) is 14.6 Å². The third kappa shape index (κ3) is 5.48. The van der Waals surface area contributed by atoms with Gasteiger partial charge in [-0.25, -0.2) is 4.79 Å². The second-order valence-electron chi connectivity index (χ2n) is 4.29. The van der Waals surface area contributed by atoms with E-state index in [1.807, 2.05) is 0 Å². The largest absolute Gasteiger partial charge is 0.464 e. The molecule has 0 aliphatic heterocycles. The smallest absolute Gasteiger partial charge is 0.332 e. The molecule has 17 heavy (non-hydrogen) atoms. The van der Waals surface area contributed by atoms with Crippen molar-refractivity contribution in [3.8, 4) is 0 Å². The molecule has 1 aliphatic rings. The zero-order valence-corrected chi connectivity index (χ0v) is 10.5. The van der Waals surface area contributed by atoms with Gasteiger partial charge in [-0.3, -0.25) is 0 Å². The molecule has 1 rings (SSSR count). The molecule has 0 bridgehead atoms. The zero-order chi connectivity index (χ0) is 12.5. The second kappa shape index (κ2) is 8.44. The predicted octanol–water partition coefficient (Wildman–Crippen LogP) is 0.317. The lowest BCUT2D eigenvalue weighted by molar-refractivity contribution is -0.148. The maximum absolute atomic E-state index is 11.0. The summed E-state index contributed by atoms with van der Waals surface area (Å²) >= 11 is 0. The number of ether oxygens (including phenoxy) is 2. The van der Waals surface area contributed by atoms with E-state index in [0.29, 0.717) is 31.7 Å². The first-order chi connectivity index (χ1) is 8.27. The van der Waals surface area contributed by atoms with Crippen LogP contribution >= 0.6 is 0 Å². The van der Waals surface area contributed by atoms with Crippen LogP contribution in [0.2, 0.25) is 0 Å². The minimum Gasteiger partial charge on any atom is -0.464 e. The minimum absolute atomic E-state index is 0.0175. The van der Waals surface area contributed by atoms with Crippen molar-refractivity contribution in [2.24, 2.45) is 5.92 Å². The SMILES string of the molecule is CCOC(=O)COCCNC1CCCC1CO. The molecule has 0 aromatic carbocycles. The number of esters is 1. The number of hydrogen-bond acceptors (Lipinski definition) is 5. The van der Waals surface area contributed by atoms with Gasteiger partial charge in [0.2, 0.25) is 0 Å². The average molecular weight is 245 g/mol. The van der Waals surface area contributed by atoms with E-state index in [2.05, 4.69) is 5.32 Å². The van der Waals surface area contributed by atoms with Gasteiger partial charge in [-0.1, -0.05) is 6.42 Å². The summed E-state index contributed by atoms with van der Waals surface area (Å²) in [5.41, 5.74) is 0. The fraction of sp³-hybridized carbons (Fsp3) is 0.917. The van der Waals surface area contributed by atoms with E-state index in [1.165, 1.54) is 6.42 Å². The molecule has 0 radical (unpaired) electrons. The molecule has 0 aromatic rings. The highest BCUT2D eigenvalue weighted by atomic mass is 16.6. The Kier molecular flexibility index (Phi) is 7.16. The van der Waals surface area contributed by atoms with Crippen LogP contribution in [0.25, 0.3) is 0 Å². The third-order valence-electron chi connectivity index (χ3n) is 3.07. The monoisotopic (exact) mass is 245 g/mol. The van der Waals surface area contributed by atoms with Crippen molar-refractivity contribution >= 4 is 5.97 Å². The summed E-state index contributed by atoms with van der Waals surface area (Å²) in [7, 11) is 0. The van der Waals surface area contributed by atoms with Gasteiger partial charge in [-0.15, -0.1) is 0 Å². The molecule has 2 atom stereocenters. The quantitative estimate of drug-likeness (QED) is 0.476. The summed E-state index contributed by atoms with van der Waals surface area (Å²) in [4.78, 5) is 11.0. The molecule has 1 fully saturated rings. The van der Waals surface area contributed by atoms with Crippen molar-refractivity contribution in [2.45, 2.75) is 32.2 Å². The van der Waals surface area contributed by atoms with E-state index >= 15 is 0 Å². The second-order valence-corrected chi connectivity index (χ2v) is 4.29. The number of nitrogens with one attached hydrogen (secondary N) is 1. The van der Waals surface area contributed by atoms with Gasteiger partial charge in [0.05, 0.1) is 13.2 Å². The highest BCUT2D eigenvalue weighted by molar-refractivity contribution is 5.70. The Morgan fingerprint density at radius 3 is 3.00 bits per heavy atom. The molecule has 0 aromatic heterocycles. The molecule has 1 saturated carbocycles. The molecule has 5 nitrogen and oxygen atoms in total. The lowest BCUT2D eigenvalue weighted by Crippen LogP contribution is -2.36. The Bertz CT molecular complexity index is 223. The van der Waals surface area contributed by atoms with Gasteiger partial charge in [0, 0.05) is 19.2 Å². The molecule has 0 spiro atoms. The Morgan fingerprint density at radius 1 is 1.47 bits per heavy atom. The third-order valence-corrected chi connectivity index (χ3v) is 3.07. The minimum atomic E-state index is -0.318. The van der Waals surface area contributed by atoms with Crippen LogP contribution in [0, 0.1) is 5.92 Å². The fourth-order valence-corrected chi connectivity index (χ4v) is 2.20. The van der Waals surface area contributed by atoms with Crippen LogP contribution in [-0.4, -0.2) is 50.1 Å². The summed E-state index contributed by atoms with van der Waals surface area (Å²) in [6.45, 7) is 3.63. The van der Waals surface area contributed by atoms with Gasteiger partial charge in [0.1, 0.15) is 6.61 Å². The maximum Gasteiger partial charge on any atom is 0.332 e. The van der Waals surface area contributed by atoms with Crippen LogP contribution in [0.4, 0.5) is 0 Å². The van der Waals surface area contributed by atoms with E-state index in [1.54, 1.807) is 6.92 Å². The Balaban J connectivity index is 1.98. The molecule has 2 N–H and O–H groups in total. The van der Waals surface area contributed by atoms with E-state index in [-0.39, 0.29) is 19.2 Å². The summed E-state index contributed by atoms with van der Waals surface area (Å²) in [5.74, 6) is 0.0571. The van der Waals surface area contributed by atoms with E-state index < -0.39 is 0 Å². The molecule has 2 unspecified atom stereocenters. The first kappa shape index (κ1) is 14.4. The molecular formula is C12H23NO4. The van der Waals surface area contributed by atoms with Crippen LogP contribution in [0.15, 0.2) is 0 Å². The van der Waals surface area contributed by atoms with Crippen LogP contribution in [0.3, 0.4) is 0 Å². The number of rotatable bonds is 8. The van der Waals surface area contributed by atoms with E-state index in [0.717, 1.165) is 12.8 Å². The molecule has 5 heteroatoms. The summed E-state index contributed by atoms with van der Waals surface area (Å²) in [6, 6.07) is 0.395. The Hall–Kier alpha value is -0.650. The normalized spacial score (nSPS) is 23.9. The maximum atomic E-state index is 11.0. The standard InChI is InChI=1S/C12H23NO4/c1-2-17-12(15)9-16-7-6-13-11-5-3-4-10(11)8-14/h10-11,13-14H,2-9H2,1H3. The summed E-state index contributed by atoms with van der Waals surface area (Å²) in [5, 5.41) is 12.5. The van der Waals surface area contributed by atoms with Gasteiger partial charge in [0.15, 0.2) is 0 Å². The number of hydrogen-bond donors (Lipinski definition) is 2. The lowest BCUT2D eigenvalue weighted by atomic mass is 10.1. The van der Waals surface area contributed by atoms with Crippen molar-refractivity contribution in [3.05, 3.63) is 0 Å². The topological polar surface area (TPSA) is 67.8 Å². The number of aliphatic hydroxyl groups is 1. The fourth-order valence-electron chi connectivity index (χ4n) is 2.20. The Labute approximate surface area is 102 Å². The first-order valence-corrected chi connectivity index (χ1v) is 6.35. The average Bonchev–Trinajstić information content (AvgIpc) is 2.76.